The first-order valence-electron chi connectivity index (χ1n) is 8.85. The van der Waals surface area contributed by atoms with Crippen molar-refractivity contribution in [3.05, 3.63) is 65.7 Å². The molecule has 2 aromatic rings. The fraction of sp³-hybridized carbons (Fsp3) is 0.250. The molecule has 6 nitrogen and oxygen atoms in total. The second kappa shape index (κ2) is 8.60. The topological polar surface area (TPSA) is 78.5 Å². The van der Waals surface area contributed by atoms with Crippen molar-refractivity contribution in [3.8, 4) is 0 Å². The van der Waals surface area contributed by atoms with Gasteiger partial charge in [0.1, 0.15) is 6.04 Å². The number of benzene rings is 2. The van der Waals surface area contributed by atoms with E-state index in [0.717, 1.165) is 22.6 Å². The summed E-state index contributed by atoms with van der Waals surface area (Å²) in [5, 5.41) is 5.01. The Morgan fingerprint density at radius 3 is 2.54 bits per heavy atom. The molecule has 0 unspecified atom stereocenters. The lowest BCUT2D eigenvalue weighted by Crippen LogP contribution is -2.33. The van der Waals surface area contributed by atoms with Gasteiger partial charge >= 0.3 is 6.03 Å². The van der Waals surface area contributed by atoms with Gasteiger partial charge in [0.25, 0.3) is 5.91 Å². The zero-order chi connectivity index (χ0) is 20.1. The molecule has 4 amide bonds. The van der Waals surface area contributed by atoms with E-state index >= 15 is 0 Å². The number of hydrogen-bond acceptors (Lipinski definition) is 3. The third-order valence-electron chi connectivity index (χ3n) is 4.44. The number of nitrogens with one attached hydrogen (secondary N) is 2. The highest BCUT2D eigenvalue weighted by Gasteiger charge is 2.37. The first-order valence-corrected chi connectivity index (χ1v) is 8.85. The van der Waals surface area contributed by atoms with Gasteiger partial charge in [0.2, 0.25) is 5.91 Å². The Bertz CT molecular complexity index is 890. The first kappa shape index (κ1) is 19.5. The van der Waals surface area contributed by atoms with Crippen molar-refractivity contribution in [1.29, 1.82) is 0 Å². The highest BCUT2D eigenvalue weighted by atomic mass is 19.2. The molecule has 0 radical (unpaired) electrons. The zero-order valence-corrected chi connectivity index (χ0v) is 15.0. The molecule has 2 N–H and O–H groups in total. The molecule has 146 valence electrons. The van der Waals surface area contributed by atoms with E-state index in [4.69, 9.17) is 0 Å². The molecule has 8 heteroatoms. The Balaban J connectivity index is 1.49. The van der Waals surface area contributed by atoms with Crippen molar-refractivity contribution in [3.63, 3.8) is 0 Å². The molecule has 2 aromatic carbocycles. The van der Waals surface area contributed by atoms with Crippen LogP contribution in [0, 0.1) is 11.6 Å². The predicted molar refractivity (Wildman–Crippen MR) is 98.4 cm³/mol. The monoisotopic (exact) mass is 387 g/mol. The van der Waals surface area contributed by atoms with E-state index in [1.165, 1.54) is 6.07 Å². The molecule has 0 bridgehead atoms. The summed E-state index contributed by atoms with van der Waals surface area (Å²) in [5.41, 5.74) is 1.13. The van der Waals surface area contributed by atoms with Crippen LogP contribution in [0.5, 0.6) is 0 Å². The van der Waals surface area contributed by atoms with Gasteiger partial charge in [0, 0.05) is 24.7 Å². The van der Waals surface area contributed by atoms with Crippen molar-refractivity contribution >= 4 is 23.5 Å². The smallest absolute Gasteiger partial charge is 0.324 e. The molecule has 1 heterocycles. The van der Waals surface area contributed by atoms with Crippen molar-refractivity contribution in [2.24, 2.45) is 0 Å². The lowest BCUT2D eigenvalue weighted by molar-refractivity contribution is -0.127. The van der Waals surface area contributed by atoms with Gasteiger partial charge in [-0.1, -0.05) is 30.3 Å². The van der Waals surface area contributed by atoms with Crippen LogP contribution in [-0.4, -0.2) is 35.3 Å². The molecule has 1 fully saturated rings. The van der Waals surface area contributed by atoms with Crippen molar-refractivity contribution in [2.75, 3.05) is 11.9 Å². The lowest BCUT2D eigenvalue weighted by atomic mass is 10.1. The van der Waals surface area contributed by atoms with Crippen molar-refractivity contribution in [1.82, 2.24) is 10.2 Å². The SMILES string of the molecule is O=C(CC[C@@H]1NC(=O)N(CCc2ccccc2)C1=O)Nc1ccc(F)c(F)c1. The zero-order valence-electron chi connectivity index (χ0n) is 15.0. The van der Waals surface area contributed by atoms with Gasteiger partial charge in [-0.2, -0.15) is 0 Å². The first-order chi connectivity index (χ1) is 13.4. The molecule has 1 saturated heterocycles. The maximum Gasteiger partial charge on any atom is 0.324 e. The van der Waals surface area contributed by atoms with Crippen molar-refractivity contribution in [2.45, 2.75) is 25.3 Å². The average molecular weight is 387 g/mol. The molecule has 28 heavy (non-hydrogen) atoms. The normalized spacial score (nSPS) is 16.2. The van der Waals surface area contributed by atoms with Crippen LogP contribution in [0.25, 0.3) is 0 Å². The summed E-state index contributed by atoms with van der Waals surface area (Å²) in [6, 6.07) is 11.3. The molecule has 0 saturated carbocycles. The largest absolute Gasteiger partial charge is 0.326 e. The third kappa shape index (κ3) is 4.70. The summed E-state index contributed by atoms with van der Waals surface area (Å²) in [7, 11) is 0. The molecular weight excluding hydrogens is 368 g/mol. The standard InChI is InChI=1S/C20H19F2N3O3/c21-15-7-6-14(12-16(15)22)23-18(26)9-8-17-19(27)25(20(28)24-17)11-10-13-4-2-1-3-5-13/h1-7,12,17H,8-11H2,(H,23,26)(H,24,28)/t17-/m0/s1. The quantitative estimate of drug-likeness (QED) is 0.717. The predicted octanol–water partition coefficient (Wildman–Crippen LogP) is 2.85. The Morgan fingerprint density at radius 1 is 1.07 bits per heavy atom. The van der Waals surface area contributed by atoms with E-state index in [0.29, 0.717) is 6.42 Å². The number of urea groups is 1. The van der Waals surface area contributed by atoms with Crippen LogP contribution in [-0.2, 0) is 16.0 Å². The number of nitrogens with zero attached hydrogens (tertiary/aromatic N) is 1. The van der Waals surface area contributed by atoms with Crippen LogP contribution in [0.15, 0.2) is 48.5 Å². The third-order valence-corrected chi connectivity index (χ3v) is 4.44. The fourth-order valence-corrected chi connectivity index (χ4v) is 2.94. The molecule has 0 aliphatic carbocycles. The van der Waals surface area contributed by atoms with E-state index in [-0.39, 0.29) is 31.0 Å². The van der Waals surface area contributed by atoms with E-state index < -0.39 is 29.6 Å². The van der Waals surface area contributed by atoms with Gasteiger partial charge < -0.3 is 10.6 Å². The number of imide groups is 1. The van der Waals surface area contributed by atoms with Gasteiger partial charge in [-0.3, -0.25) is 14.5 Å². The number of carbonyl (C=O) groups is 3. The number of carbonyl (C=O) groups excluding carboxylic acids is 3. The molecule has 0 spiro atoms. The van der Waals surface area contributed by atoms with Crippen LogP contribution in [0.2, 0.25) is 0 Å². The summed E-state index contributed by atoms with van der Waals surface area (Å²) in [4.78, 5) is 37.6. The van der Waals surface area contributed by atoms with E-state index in [1.807, 2.05) is 30.3 Å². The molecule has 1 aliphatic rings. The number of amides is 4. The van der Waals surface area contributed by atoms with E-state index in [2.05, 4.69) is 10.6 Å². The minimum absolute atomic E-state index is 0.0534. The summed E-state index contributed by atoms with van der Waals surface area (Å²) < 4.78 is 26.1. The number of hydrogen-bond donors (Lipinski definition) is 2. The summed E-state index contributed by atoms with van der Waals surface area (Å²) in [5.74, 6) is -2.91. The van der Waals surface area contributed by atoms with Crippen LogP contribution in [0.1, 0.15) is 18.4 Å². The summed E-state index contributed by atoms with van der Waals surface area (Å²) >= 11 is 0. The molecule has 0 aromatic heterocycles. The second-order valence-corrected chi connectivity index (χ2v) is 6.44. The summed E-state index contributed by atoms with van der Waals surface area (Å²) in [6.07, 6.45) is 0.605. The minimum atomic E-state index is -1.06. The number of anilines is 1. The van der Waals surface area contributed by atoms with E-state index in [9.17, 15) is 23.2 Å². The molecular formula is C20H19F2N3O3. The van der Waals surface area contributed by atoms with Crippen LogP contribution < -0.4 is 10.6 Å². The van der Waals surface area contributed by atoms with Gasteiger partial charge in [-0.15, -0.1) is 0 Å². The Hall–Kier alpha value is -3.29. The maximum atomic E-state index is 13.2. The van der Waals surface area contributed by atoms with Crippen LogP contribution in [0.4, 0.5) is 19.3 Å². The average Bonchev–Trinajstić information content (AvgIpc) is 2.95. The van der Waals surface area contributed by atoms with E-state index in [1.54, 1.807) is 0 Å². The van der Waals surface area contributed by atoms with Gasteiger partial charge in [-0.25, -0.2) is 13.6 Å². The Morgan fingerprint density at radius 2 is 1.82 bits per heavy atom. The lowest BCUT2D eigenvalue weighted by Gasteiger charge is -2.13. The summed E-state index contributed by atoms with van der Waals surface area (Å²) in [6.45, 7) is 0.256. The van der Waals surface area contributed by atoms with Gasteiger partial charge in [-0.05, 0) is 30.5 Å². The maximum absolute atomic E-state index is 13.2. The second-order valence-electron chi connectivity index (χ2n) is 6.44. The molecule has 3 rings (SSSR count). The Labute approximate surface area is 160 Å². The minimum Gasteiger partial charge on any atom is -0.326 e. The van der Waals surface area contributed by atoms with Crippen LogP contribution >= 0.6 is 0 Å². The highest BCUT2D eigenvalue weighted by Crippen LogP contribution is 2.16. The highest BCUT2D eigenvalue weighted by molar-refractivity contribution is 6.04. The Kier molecular flexibility index (Phi) is 5.98. The fourth-order valence-electron chi connectivity index (χ4n) is 2.94. The molecule has 1 aliphatic heterocycles. The molecule has 1 atom stereocenters. The number of rotatable bonds is 7. The van der Waals surface area contributed by atoms with Gasteiger partial charge in [0.05, 0.1) is 0 Å². The van der Waals surface area contributed by atoms with Crippen molar-refractivity contribution < 1.29 is 23.2 Å². The van der Waals surface area contributed by atoms with Gasteiger partial charge in [0.15, 0.2) is 11.6 Å². The number of halogens is 2. The van der Waals surface area contributed by atoms with Crippen LogP contribution in [0.3, 0.4) is 0 Å².